The number of fused-ring (bicyclic) bond motifs is 2. The van der Waals surface area contributed by atoms with Crippen molar-refractivity contribution in [2.45, 2.75) is 37.6 Å². The summed E-state index contributed by atoms with van der Waals surface area (Å²) in [6.07, 6.45) is 0. The maximum atomic E-state index is 13.6. The fourth-order valence-electron chi connectivity index (χ4n) is 5.49. The van der Waals surface area contributed by atoms with Crippen LogP contribution in [-0.4, -0.2) is 66.8 Å². The largest absolute Gasteiger partial charge is 0.459 e. The molecule has 1 fully saturated rings. The molecular weight excluding hydrogens is 636 g/mol. The summed E-state index contributed by atoms with van der Waals surface area (Å²) in [5.41, 5.74) is 0.943. The fraction of sp³-hybridized carbons (Fsp3) is 0.194. The molecule has 3 amide bonds. The Labute approximate surface area is 269 Å². The maximum Gasteiger partial charge on any atom is 0.345 e. The highest BCUT2D eigenvalue weighted by Gasteiger charge is 2.62. The quantitative estimate of drug-likeness (QED) is 0.107. The molecule has 47 heavy (non-hydrogen) atoms. The van der Waals surface area contributed by atoms with Crippen LogP contribution in [0.25, 0.3) is 0 Å². The second-order valence-electron chi connectivity index (χ2n) is 10.7. The summed E-state index contributed by atoms with van der Waals surface area (Å²) < 4.78 is 10.9. The van der Waals surface area contributed by atoms with Crippen molar-refractivity contribution >= 4 is 52.8 Å². The average Bonchev–Trinajstić information content (AvgIpc) is 3.31. The van der Waals surface area contributed by atoms with Crippen LogP contribution in [0.3, 0.4) is 0 Å². The number of carbonyl (C=O) groups excluding carboxylic acids is 5. The predicted molar refractivity (Wildman–Crippen MR) is 161 cm³/mol. The van der Waals surface area contributed by atoms with Gasteiger partial charge in [-0.15, -0.1) is 0 Å². The van der Waals surface area contributed by atoms with E-state index in [4.69, 9.17) is 9.47 Å². The van der Waals surface area contributed by atoms with E-state index < -0.39 is 57.0 Å². The second kappa shape index (κ2) is 12.1. The van der Waals surface area contributed by atoms with Crippen LogP contribution >= 0.6 is 11.8 Å². The minimum absolute atomic E-state index is 0.0421. The molecule has 1 saturated heterocycles. The summed E-state index contributed by atoms with van der Waals surface area (Å²) in [7, 11) is 0. The maximum absolute atomic E-state index is 13.6. The first-order chi connectivity index (χ1) is 22.5. The van der Waals surface area contributed by atoms with Gasteiger partial charge in [0.25, 0.3) is 29.1 Å². The lowest BCUT2D eigenvalue weighted by Gasteiger charge is -2.54. The van der Waals surface area contributed by atoms with E-state index in [1.54, 1.807) is 12.1 Å². The molecule has 16 heteroatoms. The second-order valence-corrected chi connectivity index (χ2v) is 11.8. The van der Waals surface area contributed by atoms with Gasteiger partial charge < -0.3 is 14.4 Å². The molecule has 3 aromatic rings. The Bertz CT molecular complexity index is 1870. The number of ether oxygens (including phenoxy) is 2. The number of hydrogen-bond acceptors (Lipinski definition) is 12. The Morgan fingerprint density at radius 3 is 1.77 bits per heavy atom. The van der Waals surface area contributed by atoms with Gasteiger partial charge >= 0.3 is 11.9 Å². The summed E-state index contributed by atoms with van der Waals surface area (Å²) in [5, 5.41) is 20.9. The molecule has 3 atom stereocenters. The lowest BCUT2D eigenvalue weighted by atomic mass is 9.96. The van der Waals surface area contributed by atoms with E-state index in [0.717, 1.165) is 21.6 Å². The number of nitro benzene ring substituents is 2. The van der Waals surface area contributed by atoms with E-state index in [0.29, 0.717) is 11.1 Å². The molecule has 0 radical (unpaired) electrons. The summed E-state index contributed by atoms with van der Waals surface area (Å²) in [6, 6.07) is 14.0. The average molecular weight is 659 g/mol. The predicted octanol–water partition coefficient (Wildman–Crippen LogP) is 3.51. The molecule has 0 N–H and O–H groups in total. The van der Waals surface area contributed by atoms with Gasteiger partial charge in [-0.2, -0.15) is 0 Å². The van der Waals surface area contributed by atoms with Gasteiger partial charge in [0.2, 0.25) is 0 Å². The zero-order valence-corrected chi connectivity index (χ0v) is 25.1. The standard InChI is InChI=1S/C31H22N4O11S/c1-16-23(30(39)45-14-17-6-10-19(11-7-17)34(41)42)33-28(38)24(32-26(36)21-4-2-3-5-22(21)27(32)37)29(33)47-25(16)31(40)46-15-18-8-12-20(13-9-18)35(43)44/h2-13,23-24,29H,14-15H2,1H3/t23?,24-,29-/m1/s1. The SMILES string of the molecule is CC1=C(C(=O)OCc2ccc([N+](=O)[O-])cc2)S[C@@H]2[C@H](N3C(=O)c4ccccc4C3=O)C(=O)N2C1C(=O)OCc1ccc([N+](=O)[O-])cc1. The van der Waals surface area contributed by atoms with E-state index in [1.807, 2.05) is 0 Å². The smallest absolute Gasteiger partial charge is 0.345 e. The number of nitrogens with zero attached hydrogens (tertiary/aromatic N) is 4. The molecule has 3 aliphatic rings. The Morgan fingerprint density at radius 1 is 0.787 bits per heavy atom. The summed E-state index contributed by atoms with van der Waals surface area (Å²) in [4.78, 5) is 89.8. The molecule has 0 spiro atoms. The highest BCUT2D eigenvalue weighted by atomic mass is 32.2. The normalized spacial score (nSPS) is 19.9. The summed E-state index contributed by atoms with van der Waals surface area (Å²) in [6.45, 7) is 0.882. The van der Waals surface area contributed by atoms with Crippen LogP contribution < -0.4 is 0 Å². The lowest BCUT2D eigenvalue weighted by molar-refractivity contribution is -0.385. The van der Waals surface area contributed by atoms with Crippen molar-refractivity contribution in [2.75, 3.05) is 0 Å². The number of rotatable bonds is 9. The highest BCUT2D eigenvalue weighted by Crippen LogP contribution is 2.48. The van der Waals surface area contributed by atoms with Crippen LogP contribution in [0.15, 0.2) is 83.3 Å². The van der Waals surface area contributed by atoms with Crippen molar-refractivity contribution in [3.63, 3.8) is 0 Å². The van der Waals surface area contributed by atoms with Crippen molar-refractivity contribution in [1.29, 1.82) is 0 Å². The van der Waals surface area contributed by atoms with E-state index >= 15 is 0 Å². The lowest BCUT2D eigenvalue weighted by Crippen LogP contribution is -2.74. The molecule has 6 rings (SSSR count). The number of thioether (sulfide) groups is 1. The van der Waals surface area contributed by atoms with Crippen molar-refractivity contribution < 1.29 is 43.3 Å². The van der Waals surface area contributed by atoms with Crippen LogP contribution in [0.5, 0.6) is 0 Å². The molecule has 3 aliphatic heterocycles. The zero-order valence-electron chi connectivity index (χ0n) is 24.3. The van der Waals surface area contributed by atoms with Gasteiger partial charge in [0, 0.05) is 24.3 Å². The van der Waals surface area contributed by atoms with Gasteiger partial charge in [0.05, 0.1) is 25.9 Å². The number of carbonyl (C=O) groups is 5. The number of imide groups is 1. The number of non-ortho nitro benzene ring substituents is 2. The fourth-order valence-corrected chi connectivity index (χ4v) is 6.89. The minimum Gasteiger partial charge on any atom is -0.459 e. The van der Waals surface area contributed by atoms with Gasteiger partial charge in [-0.3, -0.25) is 39.5 Å². The molecule has 3 aromatic carbocycles. The minimum atomic E-state index is -1.42. The van der Waals surface area contributed by atoms with Crippen molar-refractivity contribution in [3.05, 3.63) is 126 Å². The van der Waals surface area contributed by atoms with Crippen LogP contribution in [0.1, 0.15) is 38.8 Å². The van der Waals surface area contributed by atoms with Gasteiger partial charge in [0.1, 0.15) is 24.6 Å². The molecule has 3 heterocycles. The monoisotopic (exact) mass is 658 g/mol. The topological polar surface area (TPSA) is 197 Å². The Balaban J connectivity index is 1.26. The van der Waals surface area contributed by atoms with Gasteiger partial charge in [-0.1, -0.05) is 23.9 Å². The van der Waals surface area contributed by atoms with Crippen molar-refractivity contribution in [2.24, 2.45) is 0 Å². The number of benzene rings is 3. The van der Waals surface area contributed by atoms with Gasteiger partial charge in [-0.25, -0.2) is 9.59 Å². The van der Waals surface area contributed by atoms with Crippen LogP contribution in [0.4, 0.5) is 11.4 Å². The third-order valence-electron chi connectivity index (χ3n) is 7.89. The van der Waals surface area contributed by atoms with Crippen LogP contribution in [0, 0.1) is 20.2 Å². The van der Waals surface area contributed by atoms with Crippen LogP contribution in [-0.2, 0) is 37.1 Å². The van der Waals surface area contributed by atoms with E-state index in [9.17, 15) is 44.2 Å². The summed E-state index contributed by atoms with van der Waals surface area (Å²) in [5.74, 6) is -3.85. The number of amides is 3. The van der Waals surface area contributed by atoms with Gasteiger partial charge in [0.15, 0.2) is 6.04 Å². The molecule has 238 valence electrons. The first kappa shape index (κ1) is 31.1. The van der Waals surface area contributed by atoms with E-state index in [1.165, 1.54) is 67.6 Å². The number of esters is 2. The van der Waals surface area contributed by atoms with E-state index in [2.05, 4.69) is 0 Å². The van der Waals surface area contributed by atoms with Crippen LogP contribution in [0.2, 0.25) is 0 Å². The molecule has 0 saturated carbocycles. The Morgan fingerprint density at radius 2 is 1.28 bits per heavy atom. The Hall–Kier alpha value is -5.90. The van der Waals surface area contributed by atoms with Crippen molar-refractivity contribution in [3.8, 4) is 0 Å². The van der Waals surface area contributed by atoms with Crippen molar-refractivity contribution in [1.82, 2.24) is 9.80 Å². The molecule has 0 aromatic heterocycles. The zero-order chi connectivity index (χ0) is 33.6. The molecule has 15 nitrogen and oxygen atoms in total. The molecule has 0 aliphatic carbocycles. The summed E-state index contributed by atoms with van der Waals surface area (Å²) >= 11 is 0.864. The third kappa shape index (κ3) is 5.48. The van der Waals surface area contributed by atoms with E-state index in [-0.39, 0.29) is 46.2 Å². The number of β-lactam (4-membered cyclic amide) rings is 1. The third-order valence-corrected chi connectivity index (χ3v) is 9.35. The first-order valence-corrected chi connectivity index (χ1v) is 14.8. The molecule has 1 unspecified atom stereocenters. The molecule has 0 bridgehead atoms. The Kier molecular flexibility index (Phi) is 8.02. The number of nitro groups is 2. The first-order valence-electron chi connectivity index (χ1n) is 13.9. The molecular formula is C31H22N4O11S. The van der Waals surface area contributed by atoms with Gasteiger partial charge in [-0.05, 0) is 60.0 Å². The highest BCUT2D eigenvalue weighted by molar-refractivity contribution is 8.04. The number of hydrogen-bond donors (Lipinski definition) is 0.